The van der Waals surface area contributed by atoms with Crippen LogP contribution in [0.3, 0.4) is 0 Å². The molecule has 0 aliphatic rings. The largest absolute Gasteiger partial charge is 0.382 e. The Labute approximate surface area is 104 Å². The van der Waals surface area contributed by atoms with Crippen molar-refractivity contribution in [2.24, 2.45) is 5.73 Å². The number of hydrogen-bond donors (Lipinski definition) is 2. The zero-order chi connectivity index (χ0) is 12.7. The number of nitrogens with one attached hydrogen (secondary N) is 1. The molecule has 0 aromatic carbocycles. The summed E-state index contributed by atoms with van der Waals surface area (Å²) in [7, 11) is 0. The SMILES string of the molecule is CCOCCCNc1nc(C)cc(C)c1CN. The van der Waals surface area contributed by atoms with E-state index in [4.69, 9.17) is 10.5 Å². The Kier molecular flexibility index (Phi) is 5.94. The Bertz CT molecular complexity index is 353. The van der Waals surface area contributed by atoms with E-state index >= 15 is 0 Å². The molecule has 0 aliphatic carbocycles. The first-order valence-electron chi connectivity index (χ1n) is 6.17. The first-order valence-corrected chi connectivity index (χ1v) is 6.17. The van der Waals surface area contributed by atoms with Crippen molar-refractivity contribution >= 4 is 5.82 Å². The summed E-state index contributed by atoms with van der Waals surface area (Å²) in [6.45, 7) is 9.02. The minimum Gasteiger partial charge on any atom is -0.382 e. The Morgan fingerprint density at radius 3 is 2.82 bits per heavy atom. The van der Waals surface area contributed by atoms with Crippen molar-refractivity contribution in [2.45, 2.75) is 33.7 Å². The van der Waals surface area contributed by atoms with E-state index < -0.39 is 0 Å². The average Bonchev–Trinajstić information content (AvgIpc) is 2.28. The van der Waals surface area contributed by atoms with Crippen LogP contribution in [0.2, 0.25) is 0 Å². The maximum Gasteiger partial charge on any atom is 0.131 e. The molecule has 1 aromatic heterocycles. The molecule has 0 fully saturated rings. The fourth-order valence-electron chi connectivity index (χ4n) is 1.79. The number of ether oxygens (including phenoxy) is 1. The van der Waals surface area contributed by atoms with Crippen molar-refractivity contribution in [3.8, 4) is 0 Å². The molecule has 1 rings (SSSR count). The van der Waals surface area contributed by atoms with Crippen LogP contribution in [0.15, 0.2) is 6.07 Å². The molecule has 96 valence electrons. The summed E-state index contributed by atoms with van der Waals surface area (Å²) in [5, 5.41) is 3.33. The van der Waals surface area contributed by atoms with Gasteiger partial charge in [0.05, 0.1) is 0 Å². The lowest BCUT2D eigenvalue weighted by molar-refractivity contribution is 0.147. The second-order valence-electron chi connectivity index (χ2n) is 4.09. The molecule has 1 heterocycles. The number of pyridine rings is 1. The summed E-state index contributed by atoms with van der Waals surface area (Å²) in [4.78, 5) is 4.49. The smallest absolute Gasteiger partial charge is 0.131 e. The van der Waals surface area contributed by atoms with Gasteiger partial charge in [-0.25, -0.2) is 4.98 Å². The third-order valence-corrected chi connectivity index (χ3v) is 2.64. The Balaban J connectivity index is 2.57. The van der Waals surface area contributed by atoms with E-state index in [-0.39, 0.29) is 0 Å². The quantitative estimate of drug-likeness (QED) is 0.712. The zero-order valence-corrected chi connectivity index (χ0v) is 11.0. The molecule has 0 atom stereocenters. The predicted molar refractivity (Wildman–Crippen MR) is 71.2 cm³/mol. The number of aromatic nitrogens is 1. The topological polar surface area (TPSA) is 60.2 Å². The lowest BCUT2D eigenvalue weighted by atomic mass is 10.1. The minimum atomic E-state index is 0.521. The van der Waals surface area contributed by atoms with E-state index in [1.165, 1.54) is 5.56 Å². The monoisotopic (exact) mass is 237 g/mol. The van der Waals surface area contributed by atoms with Crippen molar-refractivity contribution in [3.63, 3.8) is 0 Å². The van der Waals surface area contributed by atoms with Crippen LogP contribution in [0.25, 0.3) is 0 Å². The van der Waals surface area contributed by atoms with Gasteiger partial charge < -0.3 is 15.8 Å². The van der Waals surface area contributed by atoms with Crippen LogP contribution in [0, 0.1) is 13.8 Å². The van der Waals surface area contributed by atoms with Gasteiger partial charge in [0.25, 0.3) is 0 Å². The van der Waals surface area contributed by atoms with Crippen LogP contribution < -0.4 is 11.1 Å². The second-order valence-corrected chi connectivity index (χ2v) is 4.09. The third-order valence-electron chi connectivity index (χ3n) is 2.64. The van der Waals surface area contributed by atoms with Gasteiger partial charge in [0.15, 0.2) is 0 Å². The van der Waals surface area contributed by atoms with Gasteiger partial charge in [0, 0.05) is 37.6 Å². The van der Waals surface area contributed by atoms with Gasteiger partial charge in [0.1, 0.15) is 5.82 Å². The molecule has 4 heteroatoms. The fourth-order valence-corrected chi connectivity index (χ4v) is 1.79. The van der Waals surface area contributed by atoms with Crippen molar-refractivity contribution in [1.29, 1.82) is 0 Å². The summed E-state index contributed by atoms with van der Waals surface area (Å²) in [5.74, 6) is 0.918. The number of nitrogens with zero attached hydrogens (tertiary/aromatic N) is 1. The maximum absolute atomic E-state index is 5.75. The molecule has 0 bridgehead atoms. The van der Waals surface area contributed by atoms with E-state index in [2.05, 4.69) is 23.3 Å². The van der Waals surface area contributed by atoms with E-state index in [0.29, 0.717) is 6.54 Å². The third kappa shape index (κ3) is 4.32. The summed E-state index contributed by atoms with van der Waals surface area (Å²) in [6.07, 6.45) is 0.979. The highest BCUT2D eigenvalue weighted by Crippen LogP contribution is 2.17. The number of nitrogens with two attached hydrogens (primary N) is 1. The predicted octanol–water partition coefficient (Wildman–Crippen LogP) is 2.00. The average molecular weight is 237 g/mol. The summed E-state index contributed by atoms with van der Waals surface area (Å²) in [5.41, 5.74) is 9.07. The first kappa shape index (κ1) is 13.9. The maximum atomic E-state index is 5.75. The van der Waals surface area contributed by atoms with Crippen LogP contribution in [-0.2, 0) is 11.3 Å². The number of aryl methyl sites for hydroxylation is 2. The molecule has 0 saturated carbocycles. The molecule has 0 unspecified atom stereocenters. The molecule has 3 N–H and O–H groups in total. The highest BCUT2D eigenvalue weighted by atomic mass is 16.5. The van der Waals surface area contributed by atoms with Gasteiger partial charge >= 0.3 is 0 Å². The zero-order valence-electron chi connectivity index (χ0n) is 11.0. The summed E-state index contributed by atoms with van der Waals surface area (Å²) >= 11 is 0. The van der Waals surface area contributed by atoms with Gasteiger partial charge in [0.2, 0.25) is 0 Å². The van der Waals surface area contributed by atoms with E-state index in [1.54, 1.807) is 0 Å². The molecular formula is C13H23N3O. The number of anilines is 1. The number of hydrogen-bond acceptors (Lipinski definition) is 4. The highest BCUT2D eigenvalue weighted by molar-refractivity contribution is 5.49. The van der Waals surface area contributed by atoms with Crippen LogP contribution in [0.4, 0.5) is 5.82 Å². The summed E-state index contributed by atoms with van der Waals surface area (Å²) in [6, 6.07) is 2.06. The molecule has 4 nitrogen and oxygen atoms in total. The van der Waals surface area contributed by atoms with Crippen molar-refractivity contribution in [2.75, 3.05) is 25.1 Å². The van der Waals surface area contributed by atoms with Crippen molar-refractivity contribution < 1.29 is 4.74 Å². The molecule has 0 spiro atoms. The van der Waals surface area contributed by atoms with E-state index in [0.717, 1.165) is 43.3 Å². The van der Waals surface area contributed by atoms with Crippen LogP contribution >= 0.6 is 0 Å². The van der Waals surface area contributed by atoms with Gasteiger partial charge in [-0.05, 0) is 38.8 Å². The van der Waals surface area contributed by atoms with E-state index in [1.807, 2.05) is 13.8 Å². The molecule has 0 aliphatic heterocycles. The van der Waals surface area contributed by atoms with Crippen molar-refractivity contribution in [3.05, 3.63) is 22.9 Å². The fraction of sp³-hybridized carbons (Fsp3) is 0.615. The van der Waals surface area contributed by atoms with Gasteiger partial charge in [-0.2, -0.15) is 0 Å². The van der Waals surface area contributed by atoms with E-state index in [9.17, 15) is 0 Å². The van der Waals surface area contributed by atoms with Crippen LogP contribution in [-0.4, -0.2) is 24.7 Å². The Morgan fingerprint density at radius 1 is 1.41 bits per heavy atom. The second kappa shape index (κ2) is 7.25. The first-order chi connectivity index (χ1) is 8.19. The lowest BCUT2D eigenvalue weighted by Crippen LogP contribution is -2.12. The molecule has 0 amide bonds. The Morgan fingerprint density at radius 2 is 2.18 bits per heavy atom. The highest BCUT2D eigenvalue weighted by Gasteiger charge is 2.06. The summed E-state index contributed by atoms with van der Waals surface area (Å²) < 4.78 is 5.29. The molecular weight excluding hydrogens is 214 g/mol. The normalized spacial score (nSPS) is 10.6. The minimum absolute atomic E-state index is 0.521. The van der Waals surface area contributed by atoms with Crippen LogP contribution in [0.1, 0.15) is 30.2 Å². The Hall–Kier alpha value is -1.13. The lowest BCUT2D eigenvalue weighted by Gasteiger charge is -2.13. The molecule has 0 radical (unpaired) electrons. The standard InChI is InChI=1S/C13H23N3O/c1-4-17-7-5-6-15-13-12(9-14)10(2)8-11(3)16-13/h8H,4-7,9,14H2,1-3H3,(H,15,16). The van der Waals surface area contributed by atoms with Gasteiger partial charge in [-0.3, -0.25) is 0 Å². The van der Waals surface area contributed by atoms with Gasteiger partial charge in [-0.15, -0.1) is 0 Å². The molecule has 0 saturated heterocycles. The number of rotatable bonds is 7. The molecule has 1 aromatic rings. The van der Waals surface area contributed by atoms with Crippen molar-refractivity contribution in [1.82, 2.24) is 4.98 Å². The molecule has 17 heavy (non-hydrogen) atoms. The van der Waals surface area contributed by atoms with Crippen LogP contribution in [0.5, 0.6) is 0 Å². The van der Waals surface area contributed by atoms with Gasteiger partial charge in [-0.1, -0.05) is 0 Å².